The molecule has 3 aromatic rings. The van der Waals surface area contributed by atoms with Crippen LogP contribution in [0, 0.1) is 11.2 Å². The van der Waals surface area contributed by atoms with Crippen molar-refractivity contribution >= 4 is 38.9 Å². The zero-order valence-corrected chi connectivity index (χ0v) is 25.3. The first-order chi connectivity index (χ1) is 19.3. The van der Waals surface area contributed by atoms with E-state index in [-0.39, 0.29) is 39.6 Å². The van der Waals surface area contributed by atoms with Crippen LogP contribution in [0.2, 0.25) is 10.0 Å². The second-order valence-corrected chi connectivity index (χ2v) is 14.5. The molecule has 6 rings (SSSR count). The quantitative estimate of drug-likeness (QED) is 0.246. The molecule has 2 atom stereocenters. The van der Waals surface area contributed by atoms with Gasteiger partial charge in [-0.05, 0) is 79.1 Å². The molecule has 0 N–H and O–H groups in total. The van der Waals surface area contributed by atoms with Crippen LogP contribution in [0.4, 0.5) is 4.39 Å². The maximum Gasteiger partial charge on any atom is 0.257 e. The lowest BCUT2D eigenvalue weighted by atomic mass is 9.89. The molecule has 1 saturated carbocycles. The number of nitrogens with zero attached hydrogens (tertiary/aromatic N) is 1. The number of epoxide rings is 1. The minimum absolute atomic E-state index is 0.00830. The fourth-order valence-corrected chi connectivity index (χ4v) is 7.04. The number of amides is 1. The van der Waals surface area contributed by atoms with Crippen molar-refractivity contribution in [3.05, 3.63) is 98.3 Å². The maximum absolute atomic E-state index is 16.4. The number of hydrogen-bond acceptors (Lipinski definition) is 5. The SMILES string of the molecule is CCC1(CO[C@]2(c3ccc(Cl)cc3)c3c(F)cc(C4(C)CO4)cc3C(=O)N2Cc2ccc(Cl)cc2S(C)(=O)=O)CC1. The molecular formula is C31H30Cl2FNO5S. The number of carbonyl (C=O) groups is 1. The number of benzene rings is 3. The summed E-state index contributed by atoms with van der Waals surface area (Å²) in [7, 11) is -3.72. The van der Waals surface area contributed by atoms with Gasteiger partial charge in [0.15, 0.2) is 15.6 Å². The zero-order valence-electron chi connectivity index (χ0n) is 23.0. The average molecular weight is 619 g/mol. The summed E-state index contributed by atoms with van der Waals surface area (Å²) in [5.74, 6) is -1.07. The van der Waals surface area contributed by atoms with Crippen molar-refractivity contribution in [2.24, 2.45) is 5.41 Å². The Bertz CT molecular complexity index is 1670. The third kappa shape index (κ3) is 4.87. The molecule has 2 fully saturated rings. The van der Waals surface area contributed by atoms with Gasteiger partial charge in [-0.2, -0.15) is 0 Å². The van der Waals surface area contributed by atoms with E-state index >= 15 is 4.39 Å². The van der Waals surface area contributed by atoms with Gasteiger partial charge in [0.25, 0.3) is 5.91 Å². The summed E-state index contributed by atoms with van der Waals surface area (Å²) in [6.07, 6.45) is 3.89. The largest absolute Gasteiger partial charge is 0.365 e. The predicted octanol–water partition coefficient (Wildman–Crippen LogP) is 6.85. The summed E-state index contributed by atoms with van der Waals surface area (Å²) in [5, 5.41) is 0.719. The van der Waals surface area contributed by atoms with Crippen molar-refractivity contribution in [3.8, 4) is 0 Å². The van der Waals surface area contributed by atoms with Crippen LogP contribution in [-0.2, 0) is 37.2 Å². The molecule has 0 bridgehead atoms. The highest BCUT2D eigenvalue weighted by atomic mass is 35.5. The second-order valence-electron chi connectivity index (χ2n) is 11.6. The van der Waals surface area contributed by atoms with Gasteiger partial charge in [0.2, 0.25) is 0 Å². The minimum atomic E-state index is -3.72. The second kappa shape index (κ2) is 9.78. The number of carbonyl (C=O) groups excluding carboxylic acids is 1. The summed E-state index contributed by atoms with van der Waals surface area (Å²) in [4.78, 5) is 15.8. The first-order valence-corrected chi connectivity index (χ1v) is 16.2. The number of rotatable bonds is 9. The van der Waals surface area contributed by atoms with Crippen LogP contribution < -0.4 is 0 Å². The molecule has 1 amide bonds. The molecule has 1 aliphatic carbocycles. The lowest BCUT2D eigenvalue weighted by Gasteiger charge is -2.41. The van der Waals surface area contributed by atoms with E-state index in [0.717, 1.165) is 25.5 Å². The van der Waals surface area contributed by atoms with Crippen LogP contribution >= 0.6 is 23.2 Å². The Morgan fingerprint density at radius 2 is 1.68 bits per heavy atom. The third-order valence-corrected chi connectivity index (χ3v) is 10.4. The van der Waals surface area contributed by atoms with E-state index in [1.165, 1.54) is 17.0 Å². The summed E-state index contributed by atoms with van der Waals surface area (Å²) < 4.78 is 54.4. The molecule has 216 valence electrons. The van der Waals surface area contributed by atoms with Crippen molar-refractivity contribution in [1.29, 1.82) is 0 Å². The number of ether oxygens (including phenoxy) is 2. The molecule has 0 aromatic heterocycles. The Balaban J connectivity index is 1.59. The maximum atomic E-state index is 16.4. The fourth-order valence-electron chi connectivity index (χ4n) is 5.72. The van der Waals surface area contributed by atoms with Crippen LogP contribution in [0.1, 0.15) is 65.7 Å². The van der Waals surface area contributed by atoms with E-state index in [0.29, 0.717) is 28.3 Å². The number of halogens is 3. The van der Waals surface area contributed by atoms with Gasteiger partial charge in [0.1, 0.15) is 11.4 Å². The van der Waals surface area contributed by atoms with Crippen molar-refractivity contribution in [2.75, 3.05) is 19.5 Å². The van der Waals surface area contributed by atoms with Crippen molar-refractivity contribution in [3.63, 3.8) is 0 Å². The first kappa shape index (κ1) is 28.6. The Morgan fingerprint density at radius 3 is 2.27 bits per heavy atom. The van der Waals surface area contributed by atoms with Gasteiger partial charge >= 0.3 is 0 Å². The molecule has 2 heterocycles. The van der Waals surface area contributed by atoms with Crippen molar-refractivity contribution in [1.82, 2.24) is 4.90 Å². The molecule has 1 saturated heterocycles. The topological polar surface area (TPSA) is 76.2 Å². The Labute approximate surface area is 249 Å². The third-order valence-electron chi connectivity index (χ3n) is 8.76. The van der Waals surface area contributed by atoms with E-state index in [1.807, 2.05) is 6.92 Å². The van der Waals surface area contributed by atoms with E-state index in [1.54, 1.807) is 42.5 Å². The van der Waals surface area contributed by atoms with Crippen molar-refractivity contribution in [2.45, 2.75) is 55.9 Å². The van der Waals surface area contributed by atoms with Gasteiger partial charge in [-0.15, -0.1) is 0 Å². The highest BCUT2D eigenvalue weighted by Gasteiger charge is 2.57. The molecule has 2 aliphatic heterocycles. The number of hydrogen-bond donors (Lipinski definition) is 0. The number of sulfone groups is 1. The minimum Gasteiger partial charge on any atom is -0.365 e. The Kier molecular flexibility index (Phi) is 6.83. The smallest absolute Gasteiger partial charge is 0.257 e. The van der Waals surface area contributed by atoms with Crippen LogP contribution in [0.3, 0.4) is 0 Å². The van der Waals surface area contributed by atoms with Crippen LogP contribution in [0.5, 0.6) is 0 Å². The zero-order chi connectivity index (χ0) is 29.4. The predicted molar refractivity (Wildman–Crippen MR) is 154 cm³/mol. The molecule has 0 spiro atoms. The van der Waals surface area contributed by atoms with E-state index in [9.17, 15) is 13.2 Å². The summed E-state index contributed by atoms with van der Waals surface area (Å²) in [6, 6.07) is 14.4. The van der Waals surface area contributed by atoms with Crippen LogP contribution in [0.15, 0.2) is 59.5 Å². The van der Waals surface area contributed by atoms with Gasteiger partial charge in [0, 0.05) is 21.9 Å². The summed E-state index contributed by atoms with van der Waals surface area (Å²) in [6.45, 7) is 4.47. The van der Waals surface area contributed by atoms with Gasteiger partial charge in [0.05, 0.1) is 35.8 Å². The summed E-state index contributed by atoms with van der Waals surface area (Å²) >= 11 is 12.4. The Morgan fingerprint density at radius 1 is 1.02 bits per heavy atom. The molecule has 41 heavy (non-hydrogen) atoms. The monoisotopic (exact) mass is 617 g/mol. The van der Waals surface area contributed by atoms with Gasteiger partial charge in [-0.3, -0.25) is 9.69 Å². The lowest BCUT2D eigenvalue weighted by Crippen LogP contribution is -2.48. The molecule has 1 unspecified atom stereocenters. The average Bonchev–Trinajstić information content (AvgIpc) is 3.85. The standard InChI is InChI=1S/C31H30Cl2FNO5S/c1-4-30(11-12-30)18-40-31(20-6-9-22(32)10-7-20)27-24(13-21(14-25(27)34)29(2)17-39-29)28(36)35(31)16-19-5-8-23(33)15-26(19)41(3,37)38/h5-10,13-15H,4,11-12,16-18H2,1-3H3/t29?,31-/m1/s1. The molecule has 6 nitrogen and oxygen atoms in total. The first-order valence-electron chi connectivity index (χ1n) is 13.5. The Hall–Kier alpha value is -2.49. The molecule has 3 aliphatic rings. The van der Waals surface area contributed by atoms with Gasteiger partial charge < -0.3 is 9.47 Å². The lowest BCUT2D eigenvalue weighted by molar-refractivity contribution is -0.127. The highest BCUT2D eigenvalue weighted by molar-refractivity contribution is 7.90. The van der Waals surface area contributed by atoms with Crippen LogP contribution in [-0.4, -0.2) is 38.7 Å². The van der Waals surface area contributed by atoms with E-state index < -0.39 is 32.9 Å². The normalized spacial score (nSPS) is 24.4. The van der Waals surface area contributed by atoms with Crippen molar-refractivity contribution < 1.29 is 27.1 Å². The summed E-state index contributed by atoms with van der Waals surface area (Å²) in [5.41, 5.74) is -0.754. The highest BCUT2D eigenvalue weighted by Crippen LogP contribution is 2.54. The molecular weight excluding hydrogens is 588 g/mol. The van der Waals surface area contributed by atoms with E-state index in [2.05, 4.69) is 6.92 Å². The van der Waals surface area contributed by atoms with Gasteiger partial charge in [-0.25, -0.2) is 12.8 Å². The fraction of sp³-hybridized carbons (Fsp3) is 0.387. The molecule has 0 radical (unpaired) electrons. The van der Waals surface area contributed by atoms with Gasteiger partial charge in [-0.1, -0.05) is 48.3 Å². The molecule has 3 aromatic carbocycles. The van der Waals surface area contributed by atoms with E-state index in [4.69, 9.17) is 32.7 Å². The molecule has 10 heteroatoms. The van der Waals surface area contributed by atoms with Crippen LogP contribution in [0.25, 0.3) is 0 Å². The number of fused-ring (bicyclic) bond motifs is 1.